The Morgan fingerprint density at radius 2 is 0.747 bits per heavy atom. The van der Waals surface area contributed by atoms with Crippen LogP contribution in [0.15, 0.2) is 0 Å². The number of hydrogen-bond acceptors (Lipinski definition) is 15. The SMILES string of the molecule is C.CC(C)(C)OC(=O)N1CCCCC(C=O)C1.CC(C)(C)OC(=O)N1CCCCC(CO)C1.CC(C)(C)OC(=O)OC(=O)OC(C)(C)C.CC(C)C1CCCCN(C(=O)OC(C)(C)C)C1.CC(O)C1CCCCCC1.OCC1CCCCCC1.[Br-].[CH3-].[Mg+2]. The minimum Gasteiger partial charge on any atom is -1.00 e. The van der Waals surface area contributed by atoms with Gasteiger partial charge in [-0.3, -0.25) is 0 Å². The first kappa shape index (κ1) is 93.1. The van der Waals surface area contributed by atoms with E-state index in [4.69, 9.17) is 33.9 Å². The maximum absolute atomic E-state index is 12.0. The molecule has 3 saturated heterocycles. The van der Waals surface area contributed by atoms with E-state index in [1.54, 1.807) is 51.3 Å². The fraction of sp³-hybridized carbons (Fsp3) is 0.896. The molecule has 0 aromatic rings. The number of aliphatic hydroxyl groups is 3. The topological polar surface area (TPSA) is 228 Å². The number of hydrogen-bond donors (Lipinski definition) is 3. The standard InChI is InChI=1S/C14H27NO2.C12H23NO3.C12H21NO3.C10H18O5.C9H18O.C8H16O.CH4.CH3.BrH.Mg/c1-11(2)12-8-6-7-9-15(10-12)13(16)17-14(3,4)5;2*1-12(2,3)16-11(15)13-7-5-4-6-10(8-13)9-14;1-9(2,3)14-7(11)13-8(12)15-10(4,5)6;1-8(10)9-6-4-2-3-5-7-9;9-7-8-5-3-1-2-4-6-8;;;;/h11-12H,6-10H2,1-5H3;10,14H,4-9H2,1-3H3;9-10H,4-8H2,1-3H3;1-6H3;8-10H,2-7H2,1H3;8-9H,1-7H2;1H4;1H3;1H;/q;;;;;;;-1;;+2/p-1. The van der Waals surface area contributed by atoms with E-state index in [9.17, 15) is 33.9 Å². The van der Waals surface area contributed by atoms with Crippen molar-refractivity contribution in [1.82, 2.24) is 14.7 Å². The summed E-state index contributed by atoms with van der Waals surface area (Å²) in [4.78, 5) is 73.8. The van der Waals surface area contributed by atoms with Crippen molar-refractivity contribution in [2.75, 3.05) is 52.5 Å². The Morgan fingerprint density at radius 1 is 0.448 bits per heavy atom. The van der Waals surface area contributed by atoms with E-state index in [0.717, 1.165) is 70.9 Å². The van der Waals surface area contributed by atoms with Gasteiger partial charge in [0.25, 0.3) is 0 Å². The summed E-state index contributed by atoms with van der Waals surface area (Å²) < 4.78 is 29.9. The fourth-order valence-electron chi connectivity index (χ4n) is 9.81. The van der Waals surface area contributed by atoms with Crippen molar-refractivity contribution >= 4 is 59.9 Å². The first-order valence-electron chi connectivity index (χ1n) is 31.8. The summed E-state index contributed by atoms with van der Waals surface area (Å²) in [6, 6.07) is 0. The Bertz CT molecular complexity index is 1770. The smallest absolute Gasteiger partial charge is 1.00 e. The molecule has 87 heavy (non-hydrogen) atoms. The van der Waals surface area contributed by atoms with Crippen LogP contribution in [0.2, 0.25) is 0 Å². The van der Waals surface area contributed by atoms with Gasteiger partial charge in [-0.1, -0.05) is 91.9 Å². The summed E-state index contributed by atoms with van der Waals surface area (Å²) in [5, 5.41) is 27.3. The average Bonchev–Trinajstić information content (AvgIpc) is 4.29. The van der Waals surface area contributed by atoms with Crippen molar-refractivity contribution in [3.8, 4) is 0 Å². The van der Waals surface area contributed by atoms with E-state index >= 15 is 0 Å². The van der Waals surface area contributed by atoms with Crippen LogP contribution in [-0.2, 0) is 33.2 Å². The summed E-state index contributed by atoms with van der Waals surface area (Å²) in [7, 11) is 0. The van der Waals surface area contributed by atoms with E-state index in [-0.39, 0.29) is 97.7 Å². The number of nitrogens with zero attached hydrogens (tertiary/aromatic N) is 3. The third kappa shape index (κ3) is 51.6. The van der Waals surface area contributed by atoms with Gasteiger partial charge in [-0.15, -0.1) is 0 Å². The van der Waals surface area contributed by atoms with Gasteiger partial charge in [-0.2, -0.15) is 0 Å². The van der Waals surface area contributed by atoms with Gasteiger partial charge >= 0.3 is 53.6 Å². The molecule has 18 nitrogen and oxygen atoms in total. The van der Waals surface area contributed by atoms with Gasteiger partial charge in [0, 0.05) is 58.4 Å². The van der Waals surface area contributed by atoms with Gasteiger partial charge in [0.1, 0.15) is 34.3 Å². The zero-order valence-electron chi connectivity index (χ0n) is 57.8. The molecule has 5 fully saturated rings. The third-order valence-electron chi connectivity index (χ3n) is 14.3. The zero-order valence-corrected chi connectivity index (χ0v) is 60.8. The third-order valence-corrected chi connectivity index (χ3v) is 14.3. The summed E-state index contributed by atoms with van der Waals surface area (Å²) in [6.45, 7) is 38.1. The van der Waals surface area contributed by atoms with Crippen molar-refractivity contribution in [2.45, 2.75) is 301 Å². The molecule has 512 valence electrons. The Morgan fingerprint density at radius 3 is 1.08 bits per heavy atom. The fourth-order valence-corrected chi connectivity index (χ4v) is 9.81. The molecule has 3 amide bonds. The predicted molar refractivity (Wildman–Crippen MR) is 347 cm³/mol. The van der Waals surface area contributed by atoms with Crippen LogP contribution in [0, 0.1) is 42.9 Å². The number of ether oxygens (including phenoxy) is 6. The molecule has 5 rings (SSSR count). The summed E-state index contributed by atoms with van der Waals surface area (Å²) in [6.07, 6.45) is 23.4. The second-order valence-electron chi connectivity index (χ2n) is 28.8. The van der Waals surface area contributed by atoms with Crippen LogP contribution in [0.4, 0.5) is 24.0 Å². The van der Waals surface area contributed by atoms with E-state index < -0.39 is 40.3 Å². The molecule has 5 aliphatic rings. The van der Waals surface area contributed by atoms with Gasteiger partial charge in [-0.05, 0) is 205 Å². The van der Waals surface area contributed by atoms with Crippen LogP contribution in [0.1, 0.15) is 267 Å². The van der Waals surface area contributed by atoms with E-state index in [1.165, 1.54) is 89.9 Å². The maximum atomic E-state index is 12.0. The van der Waals surface area contributed by atoms with Crippen LogP contribution in [0.3, 0.4) is 0 Å². The Hall–Kier alpha value is -2.65. The number of rotatable bonds is 5. The van der Waals surface area contributed by atoms with Gasteiger partial charge < -0.3 is 87.6 Å². The number of amides is 3. The molecule has 4 unspecified atom stereocenters. The monoisotopic (exact) mass is 1320 g/mol. The molecule has 4 atom stereocenters. The molecule has 0 bridgehead atoms. The molecular formula is C67H130BrMgN3O15. The Balaban J connectivity index is -0.000000310. The van der Waals surface area contributed by atoms with Crippen LogP contribution >= 0.6 is 0 Å². The molecule has 0 spiro atoms. The summed E-state index contributed by atoms with van der Waals surface area (Å²) in [5.41, 5.74) is -2.70. The quantitative estimate of drug-likeness (QED) is 0.0442. The van der Waals surface area contributed by atoms with Crippen molar-refractivity contribution in [3.05, 3.63) is 7.43 Å². The molecule has 0 aromatic carbocycles. The molecular weight excluding hydrogens is 1190 g/mol. The minimum atomic E-state index is -1.06. The number of halogens is 1. The normalized spacial score (nSPS) is 20.2. The van der Waals surface area contributed by atoms with Crippen molar-refractivity contribution in [2.24, 2.45) is 35.5 Å². The van der Waals surface area contributed by atoms with Crippen LogP contribution in [0.25, 0.3) is 0 Å². The van der Waals surface area contributed by atoms with Crippen molar-refractivity contribution in [3.63, 3.8) is 0 Å². The van der Waals surface area contributed by atoms with Crippen LogP contribution in [0.5, 0.6) is 0 Å². The molecule has 3 aliphatic heterocycles. The van der Waals surface area contributed by atoms with Gasteiger partial charge in [0.2, 0.25) is 0 Å². The van der Waals surface area contributed by atoms with Crippen LogP contribution in [-0.4, -0.2) is 177 Å². The summed E-state index contributed by atoms with van der Waals surface area (Å²) >= 11 is 0. The second-order valence-corrected chi connectivity index (χ2v) is 28.8. The summed E-state index contributed by atoms with van der Waals surface area (Å²) in [5.74, 6) is 2.66. The number of aldehydes is 1. The Labute approximate surface area is 557 Å². The van der Waals surface area contributed by atoms with Gasteiger partial charge in [0.15, 0.2) is 0 Å². The molecule has 20 heteroatoms. The van der Waals surface area contributed by atoms with E-state index in [2.05, 4.69) is 18.6 Å². The second kappa shape index (κ2) is 48.1. The van der Waals surface area contributed by atoms with Gasteiger partial charge in [0.05, 0.1) is 6.10 Å². The Kier molecular flexibility index (Phi) is 51.5. The number of aliphatic hydroxyl groups excluding tert-OH is 3. The van der Waals surface area contributed by atoms with Gasteiger partial charge in [-0.25, -0.2) is 24.0 Å². The van der Waals surface area contributed by atoms with E-state index in [1.807, 2.05) is 74.1 Å². The molecule has 2 aliphatic carbocycles. The average molecular weight is 1320 g/mol. The molecule has 0 radical (unpaired) electrons. The molecule has 3 N–H and O–H groups in total. The molecule has 3 heterocycles. The number of carbonyl (C=O) groups excluding carboxylic acids is 6. The molecule has 2 saturated carbocycles. The molecule has 0 aromatic heterocycles. The maximum Gasteiger partial charge on any atom is 2.00 e. The zero-order chi connectivity index (χ0) is 63.6. The van der Waals surface area contributed by atoms with E-state index in [0.29, 0.717) is 49.9 Å². The minimum absolute atomic E-state index is 0. The first-order chi connectivity index (χ1) is 38.4. The van der Waals surface area contributed by atoms with Crippen molar-refractivity contribution < 1.29 is 89.5 Å². The number of carbonyl (C=O) groups is 6. The van der Waals surface area contributed by atoms with Crippen LogP contribution < -0.4 is 17.0 Å². The predicted octanol–water partition coefficient (Wildman–Crippen LogP) is 12.8. The van der Waals surface area contributed by atoms with Crippen molar-refractivity contribution in [1.29, 1.82) is 0 Å². The first-order valence-corrected chi connectivity index (χ1v) is 31.8. The number of likely N-dealkylation sites (tertiary alicyclic amines) is 3. The largest absolute Gasteiger partial charge is 2.00 e.